The van der Waals surface area contributed by atoms with E-state index >= 15 is 0 Å². The third-order valence-corrected chi connectivity index (χ3v) is 11.3. The van der Waals surface area contributed by atoms with Crippen LogP contribution in [0.1, 0.15) is 44.4 Å². The molecule has 1 saturated heterocycles. The second-order valence-electron chi connectivity index (χ2n) is 15.3. The second-order valence-corrected chi connectivity index (χ2v) is 15.3. The van der Waals surface area contributed by atoms with Crippen molar-refractivity contribution in [2.45, 2.75) is 83.2 Å². The second kappa shape index (κ2) is 19.6. The third-order valence-electron chi connectivity index (χ3n) is 11.3. The molecule has 0 saturated carbocycles. The SMILES string of the molecule is C/C=C/CN1C(=O)[C@@H](C)NC(=O)[C@@H]2Cc3ccc(OC)c(c3)Oc3ccc(cc3)C[C@@H](C(=O)N2C)N(C)C(=O)[C@H](C)NC(=O)[C@H](Cc2ccc(OC)cc2)N(C)C(=O)[C@@H]1C. The van der Waals surface area contributed by atoms with Crippen molar-refractivity contribution in [2.24, 2.45) is 0 Å². The van der Waals surface area contributed by atoms with Crippen LogP contribution in [0.5, 0.6) is 23.0 Å². The van der Waals surface area contributed by atoms with Gasteiger partial charge in [-0.15, -0.1) is 0 Å². The molecule has 3 heterocycles. The maximum Gasteiger partial charge on any atom is 0.246 e. The molecule has 3 aromatic rings. The van der Waals surface area contributed by atoms with Gasteiger partial charge in [0.2, 0.25) is 35.4 Å². The number of hydrogen-bond donors (Lipinski definition) is 2. The standard InChI is InChI=1S/C45H56N6O9/c1-10-11-22-51-29(4)44(56)48(5)35(23-30-12-17-33(58-8)18-13-30)40(52)46-27(2)42(54)50(7)37-24-31-14-19-34(20-15-31)60-39-26-32(16-21-38(39)59-9)25-36(49(6)45(37)57)41(53)47-28(3)43(51)55/h10-21,26-29,35-37H,22-25H2,1-9H3,(H,46,52)(H,47,53)/b11-10+/t27-,28+,29-,35-,36-,37-/m0/s1. The quantitative estimate of drug-likeness (QED) is 0.355. The van der Waals surface area contributed by atoms with Crippen molar-refractivity contribution >= 4 is 35.4 Å². The summed E-state index contributed by atoms with van der Waals surface area (Å²) in [5.41, 5.74) is 2.03. The van der Waals surface area contributed by atoms with Gasteiger partial charge in [-0.05, 0) is 80.8 Å². The Labute approximate surface area is 351 Å². The zero-order valence-electron chi connectivity index (χ0n) is 35.8. The fraction of sp³-hybridized carbons (Fsp3) is 0.422. The van der Waals surface area contributed by atoms with Crippen LogP contribution in [-0.2, 0) is 48.0 Å². The number of carbonyl (C=O) groups is 6. The lowest BCUT2D eigenvalue weighted by atomic mass is 9.98. The Morgan fingerprint density at radius 3 is 1.92 bits per heavy atom. The largest absolute Gasteiger partial charge is 0.497 e. The van der Waals surface area contributed by atoms with Gasteiger partial charge in [-0.1, -0.05) is 42.5 Å². The monoisotopic (exact) mass is 824 g/mol. The van der Waals surface area contributed by atoms with Crippen LogP contribution in [0.3, 0.4) is 0 Å². The lowest BCUT2D eigenvalue weighted by Gasteiger charge is -2.38. The molecular weight excluding hydrogens is 769 g/mol. The summed E-state index contributed by atoms with van der Waals surface area (Å²) in [4.78, 5) is 91.9. The highest BCUT2D eigenvalue weighted by Gasteiger charge is 2.40. The van der Waals surface area contributed by atoms with Gasteiger partial charge in [0.1, 0.15) is 47.8 Å². The number of methoxy groups -OCH3 is 2. The van der Waals surface area contributed by atoms with E-state index in [0.29, 0.717) is 39.7 Å². The Hall–Kier alpha value is -6.38. The lowest BCUT2D eigenvalue weighted by Crippen LogP contribution is -2.62. The van der Waals surface area contributed by atoms with Gasteiger partial charge in [-0.25, -0.2) is 0 Å². The molecule has 0 spiro atoms. The topological polar surface area (TPSA) is 167 Å². The summed E-state index contributed by atoms with van der Waals surface area (Å²) in [6.07, 6.45) is 3.58. The lowest BCUT2D eigenvalue weighted by molar-refractivity contribution is -0.151. The summed E-state index contributed by atoms with van der Waals surface area (Å²) in [6.45, 7) is 6.42. The normalized spacial score (nSPS) is 23.8. The van der Waals surface area contributed by atoms with Crippen molar-refractivity contribution in [1.82, 2.24) is 30.2 Å². The molecule has 320 valence electrons. The van der Waals surface area contributed by atoms with E-state index in [4.69, 9.17) is 14.2 Å². The number of hydrogen-bond acceptors (Lipinski definition) is 9. The highest BCUT2D eigenvalue weighted by Crippen LogP contribution is 2.34. The molecule has 1 fully saturated rings. The summed E-state index contributed by atoms with van der Waals surface area (Å²) in [5.74, 6) is -1.48. The van der Waals surface area contributed by atoms with Crippen LogP contribution >= 0.6 is 0 Å². The van der Waals surface area contributed by atoms with Crippen LogP contribution in [0, 0.1) is 0 Å². The number of benzene rings is 3. The molecule has 6 amide bonds. The van der Waals surface area contributed by atoms with Crippen LogP contribution < -0.4 is 24.8 Å². The number of nitrogens with one attached hydrogen (secondary N) is 2. The first-order chi connectivity index (χ1) is 28.6. The average molecular weight is 825 g/mol. The van der Waals surface area contributed by atoms with E-state index in [1.165, 1.54) is 61.7 Å². The number of rotatable bonds is 6. The van der Waals surface area contributed by atoms with Crippen molar-refractivity contribution in [2.75, 3.05) is 41.9 Å². The zero-order valence-corrected chi connectivity index (χ0v) is 35.8. The average Bonchev–Trinajstić information content (AvgIpc) is 3.25. The van der Waals surface area contributed by atoms with E-state index in [9.17, 15) is 28.8 Å². The van der Waals surface area contributed by atoms with Crippen LogP contribution in [-0.4, -0.2) is 133 Å². The van der Waals surface area contributed by atoms with Gasteiger partial charge >= 0.3 is 0 Å². The molecule has 0 aromatic heterocycles. The fourth-order valence-electron chi connectivity index (χ4n) is 7.46. The highest BCUT2D eigenvalue weighted by molar-refractivity contribution is 5.98. The Balaban J connectivity index is 1.63. The third kappa shape index (κ3) is 10.1. The Morgan fingerprint density at radius 2 is 1.28 bits per heavy atom. The molecule has 3 aliphatic heterocycles. The molecular formula is C45H56N6O9. The number of nitrogens with zero attached hydrogens (tertiary/aromatic N) is 4. The van der Waals surface area contributed by atoms with E-state index in [0.717, 1.165) is 0 Å². The Bertz CT molecular complexity index is 2090. The summed E-state index contributed by atoms with van der Waals surface area (Å²) in [5, 5.41) is 5.64. The first-order valence-electron chi connectivity index (χ1n) is 20.0. The Kier molecular flexibility index (Phi) is 14.6. The maximum absolute atomic E-state index is 14.8. The Morgan fingerprint density at radius 1 is 0.683 bits per heavy atom. The van der Waals surface area contributed by atoms with Gasteiger partial charge in [-0.3, -0.25) is 28.8 Å². The minimum Gasteiger partial charge on any atom is -0.497 e. The van der Waals surface area contributed by atoms with E-state index < -0.39 is 71.7 Å². The molecule has 0 unspecified atom stereocenters. The number of carbonyl (C=O) groups excluding carboxylic acids is 6. The van der Waals surface area contributed by atoms with Gasteiger partial charge in [0, 0.05) is 47.0 Å². The van der Waals surface area contributed by atoms with E-state index in [2.05, 4.69) is 10.6 Å². The molecule has 3 aliphatic rings. The van der Waals surface area contributed by atoms with Crippen LogP contribution in [0.2, 0.25) is 0 Å². The maximum atomic E-state index is 14.8. The minimum atomic E-state index is -1.17. The number of likely N-dealkylation sites (N-methyl/N-ethyl adjacent to an activating group) is 3. The molecule has 0 radical (unpaired) electrons. The van der Waals surface area contributed by atoms with Crippen LogP contribution in [0.15, 0.2) is 78.9 Å². The molecule has 15 nitrogen and oxygen atoms in total. The van der Waals surface area contributed by atoms with Crippen molar-refractivity contribution in [3.8, 4) is 23.0 Å². The molecule has 6 atom stereocenters. The molecule has 60 heavy (non-hydrogen) atoms. The van der Waals surface area contributed by atoms with Crippen molar-refractivity contribution in [3.05, 3.63) is 95.6 Å². The zero-order chi connectivity index (χ0) is 43.8. The van der Waals surface area contributed by atoms with Crippen LogP contribution in [0.4, 0.5) is 0 Å². The van der Waals surface area contributed by atoms with E-state index in [-0.39, 0.29) is 25.8 Å². The van der Waals surface area contributed by atoms with E-state index in [1.807, 2.05) is 0 Å². The first-order valence-corrected chi connectivity index (χ1v) is 20.0. The fourth-order valence-corrected chi connectivity index (χ4v) is 7.46. The highest BCUT2D eigenvalue weighted by atomic mass is 16.5. The van der Waals surface area contributed by atoms with Crippen molar-refractivity contribution in [3.63, 3.8) is 0 Å². The predicted molar refractivity (Wildman–Crippen MR) is 224 cm³/mol. The van der Waals surface area contributed by atoms with Gasteiger partial charge in [0.25, 0.3) is 0 Å². The smallest absolute Gasteiger partial charge is 0.246 e. The van der Waals surface area contributed by atoms with Crippen molar-refractivity contribution < 1.29 is 43.0 Å². The molecule has 2 N–H and O–H groups in total. The first kappa shape index (κ1) is 44.7. The number of fused-ring (bicyclic) bond motifs is 2. The minimum absolute atomic E-state index is 0.00131. The summed E-state index contributed by atoms with van der Waals surface area (Å²) < 4.78 is 17.1. The van der Waals surface area contributed by atoms with Crippen molar-refractivity contribution in [1.29, 1.82) is 0 Å². The molecule has 3 aromatic carbocycles. The van der Waals surface area contributed by atoms with Crippen LogP contribution in [0.25, 0.3) is 0 Å². The predicted octanol–water partition coefficient (Wildman–Crippen LogP) is 3.13. The molecule has 6 rings (SSSR count). The number of ether oxygens (including phenoxy) is 3. The van der Waals surface area contributed by atoms with Gasteiger partial charge < -0.3 is 44.4 Å². The van der Waals surface area contributed by atoms with Gasteiger partial charge in [-0.2, -0.15) is 0 Å². The molecule has 6 bridgehead atoms. The number of amides is 6. The molecule has 15 heteroatoms. The number of allylic oxidation sites excluding steroid dienone is 1. The van der Waals surface area contributed by atoms with Gasteiger partial charge in [0.05, 0.1) is 14.2 Å². The van der Waals surface area contributed by atoms with E-state index in [1.54, 1.807) is 99.8 Å². The summed E-state index contributed by atoms with van der Waals surface area (Å²) in [7, 11) is 7.52. The summed E-state index contributed by atoms with van der Waals surface area (Å²) >= 11 is 0. The summed E-state index contributed by atoms with van der Waals surface area (Å²) in [6, 6.07) is 12.5. The van der Waals surface area contributed by atoms with Gasteiger partial charge in [0.15, 0.2) is 11.5 Å². The molecule has 0 aliphatic carbocycles.